The van der Waals surface area contributed by atoms with Crippen molar-refractivity contribution < 1.29 is 14.6 Å². The van der Waals surface area contributed by atoms with Crippen LogP contribution in [0.1, 0.15) is 18.1 Å². The van der Waals surface area contributed by atoms with Gasteiger partial charge in [-0.1, -0.05) is 25.1 Å². The van der Waals surface area contributed by atoms with Crippen molar-refractivity contribution >= 4 is 11.6 Å². The van der Waals surface area contributed by atoms with Crippen molar-refractivity contribution in [2.45, 2.75) is 20.3 Å². The Morgan fingerprint density at radius 2 is 2.22 bits per heavy atom. The summed E-state index contributed by atoms with van der Waals surface area (Å²) in [5.74, 6) is -0.444. The minimum absolute atomic E-state index is 0.00235. The molecule has 0 fully saturated rings. The summed E-state index contributed by atoms with van der Waals surface area (Å²) in [4.78, 5) is 12.2. The van der Waals surface area contributed by atoms with E-state index in [2.05, 4.69) is 10.6 Å². The quantitative estimate of drug-likeness (QED) is 0.364. The molecule has 0 heterocycles. The number of carbonyl (C=O) groups excluding carboxylic acids is 1. The monoisotopic (exact) mass is 317 g/mol. The molecule has 1 aromatic rings. The average Bonchev–Trinajstić information content (AvgIpc) is 2.56. The molecule has 6 heteroatoms. The zero-order valence-electron chi connectivity index (χ0n) is 13.6. The van der Waals surface area contributed by atoms with E-state index >= 15 is 0 Å². The van der Waals surface area contributed by atoms with Gasteiger partial charge < -0.3 is 20.5 Å². The minimum atomic E-state index is -0.444. The molecule has 0 aliphatic carbocycles. The minimum Gasteiger partial charge on any atom is -0.394 e. The summed E-state index contributed by atoms with van der Waals surface area (Å²) in [6.45, 7) is 5.00. The van der Waals surface area contributed by atoms with Crippen LogP contribution in [0.5, 0.6) is 0 Å². The number of carbonyl (C=O) groups is 1. The molecule has 0 saturated carbocycles. The van der Waals surface area contributed by atoms with Crippen molar-refractivity contribution in [1.29, 1.82) is 5.26 Å². The van der Waals surface area contributed by atoms with Gasteiger partial charge in [0.05, 0.1) is 19.8 Å². The van der Waals surface area contributed by atoms with E-state index in [4.69, 9.17) is 15.1 Å². The first kappa shape index (κ1) is 18.7. The SMILES string of the molecule is CCc1cccc(C)c1NC(=O)/C(C#N)=C\NCCOCCO. The number of nitriles is 1. The van der Waals surface area contributed by atoms with Gasteiger partial charge in [-0.25, -0.2) is 0 Å². The van der Waals surface area contributed by atoms with Gasteiger partial charge in [0.1, 0.15) is 11.6 Å². The van der Waals surface area contributed by atoms with Gasteiger partial charge in [-0.2, -0.15) is 5.26 Å². The van der Waals surface area contributed by atoms with Gasteiger partial charge in [0, 0.05) is 18.4 Å². The van der Waals surface area contributed by atoms with Crippen LogP contribution in [0.2, 0.25) is 0 Å². The molecule has 0 bridgehead atoms. The number of aliphatic hydroxyl groups excluding tert-OH is 1. The van der Waals surface area contributed by atoms with Gasteiger partial charge in [-0.15, -0.1) is 0 Å². The van der Waals surface area contributed by atoms with E-state index < -0.39 is 5.91 Å². The molecule has 6 nitrogen and oxygen atoms in total. The smallest absolute Gasteiger partial charge is 0.267 e. The fraction of sp³-hybridized carbons (Fsp3) is 0.412. The van der Waals surface area contributed by atoms with E-state index in [0.29, 0.717) is 13.2 Å². The Morgan fingerprint density at radius 3 is 2.87 bits per heavy atom. The molecule has 0 spiro atoms. The van der Waals surface area contributed by atoms with Crippen LogP contribution in [-0.4, -0.2) is 37.4 Å². The lowest BCUT2D eigenvalue weighted by molar-refractivity contribution is -0.112. The first-order chi connectivity index (χ1) is 11.1. The third-order valence-corrected chi connectivity index (χ3v) is 3.22. The fourth-order valence-electron chi connectivity index (χ4n) is 2.00. The molecule has 23 heavy (non-hydrogen) atoms. The molecular weight excluding hydrogens is 294 g/mol. The second-order valence-corrected chi connectivity index (χ2v) is 4.88. The maximum Gasteiger partial charge on any atom is 0.267 e. The van der Waals surface area contributed by atoms with E-state index in [1.807, 2.05) is 38.1 Å². The molecule has 1 aromatic carbocycles. The van der Waals surface area contributed by atoms with Crippen LogP contribution in [0, 0.1) is 18.3 Å². The summed E-state index contributed by atoms with van der Waals surface area (Å²) in [5.41, 5.74) is 2.74. The average molecular weight is 317 g/mol. The second-order valence-electron chi connectivity index (χ2n) is 4.88. The lowest BCUT2D eigenvalue weighted by Crippen LogP contribution is -2.20. The fourth-order valence-corrected chi connectivity index (χ4v) is 2.00. The number of anilines is 1. The summed E-state index contributed by atoms with van der Waals surface area (Å²) in [7, 11) is 0. The van der Waals surface area contributed by atoms with Crippen molar-refractivity contribution in [2.24, 2.45) is 0 Å². The molecule has 0 radical (unpaired) electrons. The topological polar surface area (TPSA) is 94.4 Å². The third kappa shape index (κ3) is 6.10. The Hall–Kier alpha value is -2.36. The lowest BCUT2D eigenvalue weighted by atomic mass is 10.1. The number of amides is 1. The molecule has 3 N–H and O–H groups in total. The number of para-hydroxylation sites is 1. The zero-order chi connectivity index (χ0) is 17.1. The predicted octanol–water partition coefficient (Wildman–Crippen LogP) is 1.50. The third-order valence-electron chi connectivity index (χ3n) is 3.22. The highest BCUT2D eigenvalue weighted by molar-refractivity contribution is 6.07. The molecular formula is C17H23N3O3. The second kappa shape index (κ2) is 10.4. The normalized spacial score (nSPS) is 11.0. The van der Waals surface area contributed by atoms with Crippen LogP contribution in [0.15, 0.2) is 30.0 Å². The predicted molar refractivity (Wildman–Crippen MR) is 88.8 cm³/mol. The Kier molecular flexibility index (Phi) is 8.43. The van der Waals surface area contributed by atoms with Crippen LogP contribution in [-0.2, 0) is 16.0 Å². The number of nitrogens with zero attached hydrogens (tertiary/aromatic N) is 1. The largest absolute Gasteiger partial charge is 0.394 e. The van der Waals surface area contributed by atoms with Gasteiger partial charge in [-0.05, 0) is 24.5 Å². The number of benzene rings is 1. The Bertz CT molecular complexity index is 591. The van der Waals surface area contributed by atoms with Gasteiger partial charge in [0.25, 0.3) is 5.91 Å². The summed E-state index contributed by atoms with van der Waals surface area (Å²) in [6, 6.07) is 7.70. The molecule has 0 saturated heterocycles. The standard InChI is InChI=1S/C17H23N3O3/c1-3-14-6-4-5-13(2)16(14)20-17(22)15(11-18)12-19-7-9-23-10-8-21/h4-6,12,19,21H,3,7-10H2,1-2H3,(H,20,22)/b15-12-. The number of rotatable bonds is 9. The maximum absolute atomic E-state index is 12.2. The number of nitrogens with one attached hydrogen (secondary N) is 2. The highest BCUT2D eigenvalue weighted by Gasteiger charge is 2.12. The molecule has 1 amide bonds. The van der Waals surface area contributed by atoms with Crippen LogP contribution >= 0.6 is 0 Å². The van der Waals surface area contributed by atoms with Crippen LogP contribution in [0.25, 0.3) is 0 Å². The number of aryl methyl sites for hydroxylation is 2. The van der Waals surface area contributed by atoms with Gasteiger partial charge in [0.2, 0.25) is 0 Å². The van der Waals surface area contributed by atoms with E-state index in [-0.39, 0.29) is 18.8 Å². The Labute approximate surface area is 136 Å². The van der Waals surface area contributed by atoms with Crippen LogP contribution in [0.4, 0.5) is 5.69 Å². The van der Waals surface area contributed by atoms with Crippen molar-refractivity contribution in [3.63, 3.8) is 0 Å². The van der Waals surface area contributed by atoms with Gasteiger partial charge in [0.15, 0.2) is 0 Å². The zero-order valence-corrected chi connectivity index (χ0v) is 13.6. The Balaban J connectivity index is 2.66. The van der Waals surface area contributed by atoms with E-state index in [9.17, 15) is 4.79 Å². The molecule has 0 atom stereocenters. The summed E-state index contributed by atoms with van der Waals surface area (Å²) < 4.78 is 5.08. The van der Waals surface area contributed by atoms with E-state index in [1.54, 1.807) is 0 Å². The number of aliphatic hydroxyl groups is 1. The highest BCUT2D eigenvalue weighted by Crippen LogP contribution is 2.21. The van der Waals surface area contributed by atoms with Crippen molar-refractivity contribution in [3.8, 4) is 6.07 Å². The van der Waals surface area contributed by atoms with E-state index in [0.717, 1.165) is 23.2 Å². The molecule has 0 aliphatic rings. The number of hydrogen-bond acceptors (Lipinski definition) is 5. The molecule has 124 valence electrons. The first-order valence-corrected chi connectivity index (χ1v) is 7.56. The van der Waals surface area contributed by atoms with Gasteiger partial charge >= 0.3 is 0 Å². The summed E-state index contributed by atoms with van der Waals surface area (Å²) >= 11 is 0. The van der Waals surface area contributed by atoms with Crippen molar-refractivity contribution in [3.05, 3.63) is 41.1 Å². The molecule has 0 unspecified atom stereocenters. The molecule has 0 aliphatic heterocycles. The Morgan fingerprint density at radius 1 is 1.43 bits per heavy atom. The maximum atomic E-state index is 12.2. The lowest BCUT2D eigenvalue weighted by Gasteiger charge is -2.12. The highest BCUT2D eigenvalue weighted by atomic mass is 16.5. The van der Waals surface area contributed by atoms with E-state index in [1.165, 1.54) is 6.20 Å². The van der Waals surface area contributed by atoms with Gasteiger partial charge in [-0.3, -0.25) is 4.79 Å². The van der Waals surface area contributed by atoms with Crippen molar-refractivity contribution in [2.75, 3.05) is 31.7 Å². The van der Waals surface area contributed by atoms with Crippen molar-refractivity contribution in [1.82, 2.24) is 5.32 Å². The summed E-state index contributed by atoms with van der Waals surface area (Å²) in [5, 5.41) is 23.4. The van der Waals surface area contributed by atoms with Crippen LogP contribution < -0.4 is 10.6 Å². The summed E-state index contributed by atoms with van der Waals surface area (Å²) in [6.07, 6.45) is 2.17. The molecule has 0 aromatic heterocycles. The number of hydrogen-bond donors (Lipinski definition) is 3. The molecule has 1 rings (SSSR count). The first-order valence-electron chi connectivity index (χ1n) is 7.56. The van der Waals surface area contributed by atoms with Crippen LogP contribution in [0.3, 0.4) is 0 Å². The number of ether oxygens (including phenoxy) is 1.